The van der Waals surface area contributed by atoms with Gasteiger partial charge in [0, 0.05) is 11.9 Å². The molecule has 5 rings (SSSR count). The molecule has 2 aromatic carbocycles. The van der Waals surface area contributed by atoms with Gasteiger partial charge in [-0.15, -0.1) is 0 Å². The van der Waals surface area contributed by atoms with Crippen molar-refractivity contribution in [3.05, 3.63) is 71.1 Å². The molecule has 7 heteroatoms. The normalized spacial score (nSPS) is 12.9. The molecule has 0 unspecified atom stereocenters. The summed E-state index contributed by atoms with van der Waals surface area (Å²) in [5.74, 6) is 2.00. The lowest BCUT2D eigenvalue weighted by Gasteiger charge is -2.20. The van der Waals surface area contributed by atoms with Crippen molar-refractivity contribution in [1.29, 1.82) is 0 Å². The molecule has 1 amide bonds. The Morgan fingerprint density at radius 3 is 2.77 bits per heavy atom. The van der Waals surface area contributed by atoms with Gasteiger partial charge >= 0.3 is 0 Å². The first-order chi connectivity index (χ1) is 15.1. The predicted octanol–water partition coefficient (Wildman–Crippen LogP) is 4.23. The van der Waals surface area contributed by atoms with Gasteiger partial charge in [-0.2, -0.15) is 0 Å². The zero-order valence-electron chi connectivity index (χ0n) is 17.1. The van der Waals surface area contributed by atoms with Gasteiger partial charge < -0.3 is 20.2 Å². The van der Waals surface area contributed by atoms with Crippen LogP contribution in [0.3, 0.4) is 0 Å². The van der Waals surface area contributed by atoms with Gasteiger partial charge in [-0.25, -0.2) is 9.97 Å². The van der Waals surface area contributed by atoms with Crippen LogP contribution < -0.4 is 15.8 Å². The van der Waals surface area contributed by atoms with Crippen molar-refractivity contribution in [2.24, 2.45) is 5.73 Å². The number of primary amides is 1. The van der Waals surface area contributed by atoms with Crippen LogP contribution in [0.25, 0.3) is 22.4 Å². The third-order valence-electron chi connectivity index (χ3n) is 5.42. The summed E-state index contributed by atoms with van der Waals surface area (Å²) >= 11 is 0. The van der Waals surface area contributed by atoms with Crippen LogP contribution in [0.1, 0.15) is 33.8 Å². The Morgan fingerprint density at radius 1 is 1.13 bits per heavy atom. The van der Waals surface area contributed by atoms with Crippen LogP contribution in [-0.4, -0.2) is 22.5 Å². The third-order valence-corrected chi connectivity index (χ3v) is 5.42. The largest absolute Gasteiger partial charge is 0.488 e. The number of nitrogens with two attached hydrogens (primary N) is 1. The van der Waals surface area contributed by atoms with Crippen molar-refractivity contribution >= 4 is 22.7 Å². The van der Waals surface area contributed by atoms with Crippen LogP contribution in [0.5, 0.6) is 5.75 Å². The molecule has 1 aliphatic heterocycles. The quantitative estimate of drug-likeness (QED) is 0.506. The Balaban J connectivity index is 1.62. The molecule has 0 bridgehead atoms. The molecule has 3 heterocycles. The molecule has 0 radical (unpaired) electrons. The van der Waals surface area contributed by atoms with Crippen LogP contribution in [0.15, 0.2) is 52.9 Å². The van der Waals surface area contributed by atoms with E-state index in [1.807, 2.05) is 31.2 Å². The molecule has 0 atom stereocenters. The van der Waals surface area contributed by atoms with E-state index in [1.54, 1.807) is 12.1 Å². The summed E-state index contributed by atoms with van der Waals surface area (Å²) in [6, 6.07) is 15.5. The third kappa shape index (κ3) is 3.48. The molecule has 0 saturated heterocycles. The van der Waals surface area contributed by atoms with E-state index in [-0.39, 0.29) is 0 Å². The van der Waals surface area contributed by atoms with Crippen molar-refractivity contribution in [2.45, 2.75) is 26.3 Å². The number of hydrogen-bond donors (Lipinski definition) is 2. The molecule has 4 aromatic rings. The first-order valence-corrected chi connectivity index (χ1v) is 10.3. The molecular formula is C24H22N4O3. The zero-order chi connectivity index (χ0) is 21.4. The van der Waals surface area contributed by atoms with E-state index in [4.69, 9.17) is 24.9 Å². The van der Waals surface area contributed by atoms with E-state index in [0.717, 1.165) is 35.0 Å². The highest BCUT2D eigenvalue weighted by Gasteiger charge is 2.24. The molecule has 0 aliphatic carbocycles. The second kappa shape index (κ2) is 7.75. The maximum absolute atomic E-state index is 11.8. The molecule has 0 saturated carbocycles. The summed E-state index contributed by atoms with van der Waals surface area (Å²) in [6.45, 7) is 3.10. The first-order valence-electron chi connectivity index (χ1n) is 10.3. The van der Waals surface area contributed by atoms with Gasteiger partial charge in [0.2, 0.25) is 0 Å². The topological polar surface area (TPSA) is 103 Å². The Kier molecular flexibility index (Phi) is 4.78. The standard InChI is InChI=1S/C24H22N4O3/c1-14-19(16-9-5-10-17(22(25)29)20(16)31-14)23-27-18-11-6-12-30-21(18)24(28-23)26-13-15-7-3-2-4-8-15/h2-5,7-10H,6,11-13H2,1H3,(H2,25,29)(H,26,27,28). The molecule has 2 aromatic heterocycles. The maximum atomic E-state index is 11.8. The van der Waals surface area contributed by atoms with Crippen LogP contribution in [-0.2, 0) is 13.0 Å². The number of amides is 1. The van der Waals surface area contributed by atoms with Gasteiger partial charge in [0.15, 0.2) is 17.4 Å². The minimum Gasteiger partial charge on any atom is -0.488 e. The van der Waals surface area contributed by atoms with E-state index < -0.39 is 5.91 Å². The number of rotatable bonds is 5. The molecule has 7 nitrogen and oxygen atoms in total. The Bertz CT molecular complexity index is 1280. The number of aromatic nitrogens is 2. The lowest BCUT2D eigenvalue weighted by Crippen LogP contribution is -2.15. The molecule has 0 fully saturated rings. The van der Waals surface area contributed by atoms with Crippen molar-refractivity contribution in [3.8, 4) is 17.1 Å². The number of furan rings is 1. The average Bonchev–Trinajstić information content (AvgIpc) is 3.13. The van der Waals surface area contributed by atoms with Crippen molar-refractivity contribution < 1.29 is 13.9 Å². The number of ether oxygens (including phenoxy) is 1. The van der Waals surface area contributed by atoms with Crippen LogP contribution >= 0.6 is 0 Å². The van der Waals surface area contributed by atoms with E-state index in [2.05, 4.69) is 17.4 Å². The second-order valence-electron chi connectivity index (χ2n) is 7.54. The number of fused-ring (bicyclic) bond motifs is 2. The van der Waals surface area contributed by atoms with Crippen molar-refractivity contribution in [2.75, 3.05) is 11.9 Å². The van der Waals surface area contributed by atoms with Crippen LogP contribution in [0, 0.1) is 6.92 Å². The Morgan fingerprint density at radius 2 is 1.97 bits per heavy atom. The predicted molar refractivity (Wildman–Crippen MR) is 118 cm³/mol. The number of aryl methyl sites for hydroxylation is 2. The summed E-state index contributed by atoms with van der Waals surface area (Å²) < 4.78 is 11.8. The number of carbonyl (C=O) groups excluding carboxylic acids is 1. The van der Waals surface area contributed by atoms with Gasteiger partial charge in [0.1, 0.15) is 11.3 Å². The van der Waals surface area contributed by atoms with E-state index in [1.165, 1.54) is 0 Å². The maximum Gasteiger partial charge on any atom is 0.252 e. The number of benzene rings is 2. The van der Waals surface area contributed by atoms with Crippen LogP contribution in [0.2, 0.25) is 0 Å². The Labute approximate surface area is 179 Å². The van der Waals surface area contributed by atoms with Gasteiger partial charge in [0.05, 0.1) is 23.4 Å². The van der Waals surface area contributed by atoms with Crippen LogP contribution in [0.4, 0.5) is 5.82 Å². The number of hydrogen-bond acceptors (Lipinski definition) is 6. The molecule has 0 spiro atoms. The average molecular weight is 414 g/mol. The highest BCUT2D eigenvalue weighted by Crippen LogP contribution is 2.38. The smallest absolute Gasteiger partial charge is 0.252 e. The summed E-state index contributed by atoms with van der Waals surface area (Å²) in [5, 5.41) is 4.17. The number of para-hydroxylation sites is 1. The number of nitrogens with zero attached hydrogens (tertiary/aromatic N) is 2. The Hall–Kier alpha value is -3.87. The summed E-state index contributed by atoms with van der Waals surface area (Å²) in [5.41, 5.74) is 9.10. The molecule has 31 heavy (non-hydrogen) atoms. The first kappa shape index (κ1) is 19.1. The zero-order valence-corrected chi connectivity index (χ0v) is 17.1. The lowest BCUT2D eigenvalue weighted by molar-refractivity contribution is 0.100. The van der Waals surface area contributed by atoms with Gasteiger partial charge in [-0.1, -0.05) is 42.5 Å². The monoisotopic (exact) mass is 414 g/mol. The summed E-state index contributed by atoms with van der Waals surface area (Å²) in [6.07, 6.45) is 1.71. The van der Waals surface area contributed by atoms with Gasteiger partial charge in [-0.05, 0) is 31.4 Å². The van der Waals surface area contributed by atoms with E-state index in [0.29, 0.717) is 47.5 Å². The molecule has 1 aliphatic rings. The fourth-order valence-electron chi connectivity index (χ4n) is 3.95. The fourth-order valence-corrected chi connectivity index (χ4v) is 3.95. The number of nitrogens with one attached hydrogen (secondary N) is 1. The minimum atomic E-state index is -0.532. The summed E-state index contributed by atoms with van der Waals surface area (Å²) in [7, 11) is 0. The van der Waals surface area contributed by atoms with Crippen molar-refractivity contribution in [1.82, 2.24) is 9.97 Å². The number of anilines is 1. The molecule has 156 valence electrons. The van der Waals surface area contributed by atoms with Gasteiger partial charge in [0.25, 0.3) is 5.91 Å². The van der Waals surface area contributed by atoms with E-state index >= 15 is 0 Å². The number of carbonyl (C=O) groups is 1. The lowest BCUT2D eigenvalue weighted by atomic mass is 10.1. The van der Waals surface area contributed by atoms with Crippen molar-refractivity contribution in [3.63, 3.8) is 0 Å². The minimum absolute atomic E-state index is 0.343. The second-order valence-corrected chi connectivity index (χ2v) is 7.54. The SMILES string of the molecule is Cc1oc2c(C(N)=O)cccc2c1-c1nc2c(c(NCc3ccccc3)n1)OCCC2. The fraction of sp³-hybridized carbons (Fsp3) is 0.208. The highest BCUT2D eigenvalue weighted by atomic mass is 16.5. The summed E-state index contributed by atoms with van der Waals surface area (Å²) in [4.78, 5) is 21.5. The highest BCUT2D eigenvalue weighted by molar-refractivity contribution is 6.07. The van der Waals surface area contributed by atoms with E-state index in [9.17, 15) is 4.79 Å². The molecular weight excluding hydrogens is 392 g/mol. The van der Waals surface area contributed by atoms with Gasteiger partial charge in [-0.3, -0.25) is 4.79 Å². The molecule has 3 N–H and O–H groups in total.